The average molecular weight is 386 g/mol. The fourth-order valence-corrected chi connectivity index (χ4v) is 3.01. The molecule has 0 saturated carbocycles. The number of phenolic OH excluding ortho intramolecular Hbond substituents is 2. The first-order valence-electron chi connectivity index (χ1n) is 8.92. The van der Waals surface area contributed by atoms with Crippen LogP contribution in [0.15, 0.2) is 65.8 Å². The molecule has 4 aromatic rings. The van der Waals surface area contributed by atoms with E-state index in [0.29, 0.717) is 11.1 Å². The predicted molar refractivity (Wildman–Crippen MR) is 111 cm³/mol. The number of nitrogens with zero attached hydrogens (tertiary/aromatic N) is 2. The summed E-state index contributed by atoms with van der Waals surface area (Å²) < 4.78 is 0. The van der Waals surface area contributed by atoms with E-state index in [2.05, 4.69) is 20.5 Å². The highest BCUT2D eigenvalue weighted by molar-refractivity contribution is 5.95. The summed E-state index contributed by atoms with van der Waals surface area (Å²) in [4.78, 5) is 20.2. The Kier molecular flexibility index (Phi) is 4.70. The van der Waals surface area contributed by atoms with Crippen molar-refractivity contribution >= 4 is 23.2 Å². The van der Waals surface area contributed by atoms with Gasteiger partial charge in [0.1, 0.15) is 17.3 Å². The van der Waals surface area contributed by atoms with Crippen molar-refractivity contribution in [1.82, 2.24) is 15.4 Å². The minimum absolute atomic E-state index is 0.0888. The molecule has 0 unspecified atom stereocenters. The summed E-state index contributed by atoms with van der Waals surface area (Å²) in [5.74, 6) is 0.184. The molecular formula is C22H18N4O3. The van der Waals surface area contributed by atoms with Gasteiger partial charge in [0.15, 0.2) is 0 Å². The van der Waals surface area contributed by atoms with Gasteiger partial charge in [-0.05, 0) is 42.8 Å². The van der Waals surface area contributed by atoms with E-state index in [-0.39, 0.29) is 17.4 Å². The van der Waals surface area contributed by atoms with Crippen molar-refractivity contribution < 1.29 is 15.0 Å². The fraction of sp³-hybridized carbons (Fsp3) is 0.0455. The molecule has 1 heterocycles. The van der Waals surface area contributed by atoms with Crippen molar-refractivity contribution in [2.45, 2.75) is 6.92 Å². The lowest BCUT2D eigenvalue weighted by Crippen LogP contribution is -2.17. The molecule has 144 valence electrons. The van der Waals surface area contributed by atoms with Crippen LogP contribution < -0.4 is 5.43 Å². The van der Waals surface area contributed by atoms with E-state index in [4.69, 9.17) is 0 Å². The largest absolute Gasteiger partial charge is 0.508 e. The number of aryl methyl sites for hydroxylation is 1. The Morgan fingerprint density at radius 1 is 1.07 bits per heavy atom. The van der Waals surface area contributed by atoms with Crippen molar-refractivity contribution in [3.8, 4) is 22.9 Å². The molecule has 0 aliphatic rings. The minimum atomic E-state index is -0.377. The second-order valence-corrected chi connectivity index (χ2v) is 6.62. The number of rotatable bonds is 4. The monoisotopic (exact) mass is 386 g/mol. The summed E-state index contributed by atoms with van der Waals surface area (Å²) in [5.41, 5.74) is 7.18. The molecule has 0 aliphatic carbocycles. The number of hydrogen-bond acceptors (Lipinski definition) is 5. The van der Waals surface area contributed by atoms with Gasteiger partial charge in [0.25, 0.3) is 5.91 Å². The molecule has 0 fully saturated rings. The first-order chi connectivity index (χ1) is 14.0. The standard InChI is InChI=1S/C22H18N4O3/c1-13-3-2-4-19-20(13)25-21(24-19)15-5-7-16(8-6-15)22(29)26-23-12-14-9-17(27)11-18(28)10-14/h2-12,27-28H,1H3,(H,24,25)(H,26,29)/b23-12+. The summed E-state index contributed by atoms with van der Waals surface area (Å²) in [5, 5.41) is 22.7. The molecule has 3 aromatic carbocycles. The number of amides is 1. The molecule has 1 aromatic heterocycles. The number of imidazole rings is 1. The van der Waals surface area contributed by atoms with Crippen molar-refractivity contribution in [2.24, 2.45) is 5.10 Å². The predicted octanol–water partition coefficient (Wildman–Crippen LogP) is 3.71. The van der Waals surface area contributed by atoms with Crippen LogP contribution >= 0.6 is 0 Å². The van der Waals surface area contributed by atoms with E-state index in [1.54, 1.807) is 12.1 Å². The Labute approximate surface area is 166 Å². The summed E-state index contributed by atoms with van der Waals surface area (Å²) in [6.07, 6.45) is 1.34. The normalized spacial score (nSPS) is 11.2. The molecule has 29 heavy (non-hydrogen) atoms. The summed E-state index contributed by atoms with van der Waals surface area (Å²) in [6.45, 7) is 2.01. The van der Waals surface area contributed by atoms with Crippen LogP contribution in [0, 0.1) is 6.92 Å². The van der Waals surface area contributed by atoms with Gasteiger partial charge in [0.05, 0.1) is 17.2 Å². The molecule has 0 atom stereocenters. The quantitative estimate of drug-likeness (QED) is 0.316. The lowest BCUT2D eigenvalue weighted by molar-refractivity contribution is 0.0955. The van der Waals surface area contributed by atoms with E-state index in [9.17, 15) is 15.0 Å². The third-order valence-electron chi connectivity index (χ3n) is 4.44. The average Bonchev–Trinajstić information content (AvgIpc) is 3.13. The number of aromatic amines is 1. The van der Waals surface area contributed by atoms with Crippen LogP contribution in [0.25, 0.3) is 22.4 Å². The zero-order valence-corrected chi connectivity index (χ0v) is 15.5. The maximum Gasteiger partial charge on any atom is 0.271 e. The van der Waals surface area contributed by atoms with Crippen LogP contribution in [0.1, 0.15) is 21.5 Å². The number of nitrogens with one attached hydrogen (secondary N) is 2. The van der Waals surface area contributed by atoms with Gasteiger partial charge in [-0.25, -0.2) is 10.4 Å². The first kappa shape index (κ1) is 18.2. The maximum absolute atomic E-state index is 12.3. The lowest BCUT2D eigenvalue weighted by Gasteiger charge is -2.02. The zero-order valence-electron chi connectivity index (χ0n) is 15.5. The van der Waals surface area contributed by atoms with Crippen molar-refractivity contribution in [3.63, 3.8) is 0 Å². The maximum atomic E-state index is 12.3. The summed E-state index contributed by atoms with van der Waals surface area (Å²) in [7, 11) is 0. The zero-order chi connectivity index (χ0) is 20.4. The second kappa shape index (κ2) is 7.47. The first-order valence-corrected chi connectivity index (χ1v) is 8.92. The van der Waals surface area contributed by atoms with E-state index in [0.717, 1.165) is 28.0 Å². The third kappa shape index (κ3) is 3.93. The molecular weight excluding hydrogens is 368 g/mol. The Morgan fingerprint density at radius 2 is 1.79 bits per heavy atom. The van der Waals surface area contributed by atoms with Gasteiger partial charge >= 0.3 is 0 Å². The number of aromatic hydroxyl groups is 2. The highest BCUT2D eigenvalue weighted by Gasteiger charge is 2.09. The lowest BCUT2D eigenvalue weighted by atomic mass is 10.1. The van der Waals surface area contributed by atoms with Gasteiger partial charge < -0.3 is 15.2 Å². The van der Waals surface area contributed by atoms with E-state index in [1.165, 1.54) is 24.4 Å². The highest BCUT2D eigenvalue weighted by Crippen LogP contribution is 2.23. The van der Waals surface area contributed by atoms with Gasteiger partial charge in [0.2, 0.25) is 0 Å². The number of benzene rings is 3. The summed E-state index contributed by atoms with van der Waals surface area (Å²) in [6, 6.07) is 17.0. The smallest absolute Gasteiger partial charge is 0.271 e. The van der Waals surface area contributed by atoms with Crippen LogP contribution in [0.5, 0.6) is 11.5 Å². The van der Waals surface area contributed by atoms with Crippen LogP contribution in [0.3, 0.4) is 0 Å². The number of aromatic nitrogens is 2. The third-order valence-corrected chi connectivity index (χ3v) is 4.44. The van der Waals surface area contributed by atoms with E-state index >= 15 is 0 Å². The second-order valence-electron chi connectivity index (χ2n) is 6.62. The van der Waals surface area contributed by atoms with Crippen molar-refractivity contribution in [1.29, 1.82) is 0 Å². The Balaban J connectivity index is 1.47. The number of fused-ring (bicyclic) bond motifs is 1. The topological polar surface area (TPSA) is 111 Å². The molecule has 7 nitrogen and oxygen atoms in total. The van der Waals surface area contributed by atoms with Crippen molar-refractivity contribution in [2.75, 3.05) is 0 Å². The van der Waals surface area contributed by atoms with Crippen LogP contribution in [-0.4, -0.2) is 32.3 Å². The number of hydrazone groups is 1. The van der Waals surface area contributed by atoms with E-state index < -0.39 is 0 Å². The fourth-order valence-electron chi connectivity index (χ4n) is 3.01. The Hall–Kier alpha value is -4.13. The number of carbonyl (C=O) groups is 1. The van der Waals surface area contributed by atoms with Gasteiger partial charge in [-0.3, -0.25) is 4.79 Å². The molecule has 1 amide bonds. The molecule has 4 N–H and O–H groups in total. The molecule has 7 heteroatoms. The molecule has 0 saturated heterocycles. The van der Waals surface area contributed by atoms with E-state index in [1.807, 2.05) is 37.3 Å². The molecule has 0 radical (unpaired) electrons. The van der Waals surface area contributed by atoms with Gasteiger partial charge in [-0.15, -0.1) is 0 Å². The van der Waals surface area contributed by atoms with Gasteiger partial charge in [-0.1, -0.05) is 24.3 Å². The van der Waals surface area contributed by atoms with Gasteiger partial charge in [-0.2, -0.15) is 5.10 Å². The molecule has 0 spiro atoms. The number of para-hydroxylation sites is 1. The molecule has 4 rings (SSSR count). The minimum Gasteiger partial charge on any atom is -0.508 e. The number of H-pyrrole nitrogens is 1. The Bertz CT molecular complexity index is 1210. The van der Waals surface area contributed by atoms with Gasteiger partial charge in [0, 0.05) is 22.8 Å². The van der Waals surface area contributed by atoms with Crippen LogP contribution in [-0.2, 0) is 0 Å². The Morgan fingerprint density at radius 3 is 2.48 bits per heavy atom. The molecule has 0 aliphatic heterocycles. The number of phenols is 2. The molecule has 0 bridgehead atoms. The van der Waals surface area contributed by atoms with Crippen LogP contribution in [0.4, 0.5) is 0 Å². The van der Waals surface area contributed by atoms with Crippen molar-refractivity contribution in [3.05, 3.63) is 77.4 Å². The highest BCUT2D eigenvalue weighted by atomic mass is 16.3. The number of carbonyl (C=O) groups excluding carboxylic acids is 1. The SMILES string of the molecule is Cc1cccc2[nH]c(-c3ccc(C(=O)N/N=C/c4cc(O)cc(O)c4)cc3)nc12. The van der Waals surface area contributed by atoms with Crippen LogP contribution in [0.2, 0.25) is 0 Å². The number of hydrogen-bond donors (Lipinski definition) is 4. The summed E-state index contributed by atoms with van der Waals surface area (Å²) >= 11 is 0.